The number of ether oxygens (including phenoxy) is 1. The lowest BCUT2D eigenvalue weighted by molar-refractivity contribution is -0.158. The number of nitrogens with zero attached hydrogens (tertiary/aromatic N) is 3. The van der Waals surface area contributed by atoms with Crippen LogP contribution in [0.1, 0.15) is 51.9 Å². The fourth-order valence-electron chi connectivity index (χ4n) is 7.23. The van der Waals surface area contributed by atoms with Crippen molar-refractivity contribution in [2.75, 3.05) is 39.3 Å². The first-order valence-electron chi connectivity index (χ1n) is 11.5. The molecule has 2 amide bonds. The summed E-state index contributed by atoms with van der Waals surface area (Å²) in [5.41, 5.74) is 0.648. The smallest absolute Gasteiger partial charge is 0.409 e. The molecule has 3 aliphatic heterocycles. The van der Waals surface area contributed by atoms with E-state index in [0.29, 0.717) is 47.3 Å². The van der Waals surface area contributed by atoms with E-state index < -0.39 is 0 Å². The second-order valence-electron chi connectivity index (χ2n) is 10.6. The fourth-order valence-corrected chi connectivity index (χ4v) is 7.23. The molecule has 0 unspecified atom stereocenters. The highest BCUT2D eigenvalue weighted by molar-refractivity contribution is 5.84. The van der Waals surface area contributed by atoms with Gasteiger partial charge in [-0.2, -0.15) is 0 Å². The summed E-state index contributed by atoms with van der Waals surface area (Å²) in [4.78, 5) is 31.8. The van der Waals surface area contributed by atoms with E-state index in [1.54, 1.807) is 0 Å². The maximum absolute atomic E-state index is 13.0. The summed E-state index contributed by atoms with van der Waals surface area (Å²) in [6, 6.07) is 0.674. The number of likely N-dealkylation sites (tertiary alicyclic amines) is 3. The van der Waals surface area contributed by atoms with E-state index >= 15 is 0 Å². The van der Waals surface area contributed by atoms with Crippen LogP contribution in [-0.4, -0.2) is 77.6 Å². The zero-order valence-corrected chi connectivity index (χ0v) is 17.1. The maximum Gasteiger partial charge on any atom is 0.409 e. The summed E-state index contributed by atoms with van der Waals surface area (Å²) in [7, 11) is 0. The largest absolute Gasteiger partial charge is 0.450 e. The van der Waals surface area contributed by atoms with Crippen LogP contribution in [0.25, 0.3) is 0 Å². The van der Waals surface area contributed by atoms with Gasteiger partial charge in [0.15, 0.2) is 0 Å². The van der Waals surface area contributed by atoms with Crippen molar-refractivity contribution in [3.63, 3.8) is 0 Å². The molecular formula is C22H33N3O3. The molecule has 0 aromatic heterocycles. The van der Waals surface area contributed by atoms with Gasteiger partial charge in [0, 0.05) is 50.2 Å². The van der Waals surface area contributed by atoms with Crippen LogP contribution in [0.3, 0.4) is 0 Å². The zero-order chi connectivity index (χ0) is 19.1. The number of fused-ring (bicyclic) bond motifs is 1. The highest BCUT2D eigenvalue weighted by Gasteiger charge is 2.65. The highest BCUT2D eigenvalue weighted by atomic mass is 16.6. The Bertz CT molecular complexity index is 682. The Morgan fingerprint density at radius 1 is 1.04 bits per heavy atom. The fraction of sp³-hybridized carbons (Fsp3) is 0.909. The molecule has 6 nitrogen and oxygen atoms in total. The number of amides is 2. The van der Waals surface area contributed by atoms with Gasteiger partial charge in [0.05, 0.1) is 6.61 Å². The molecule has 3 aliphatic carbocycles. The third-order valence-corrected chi connectivity index (χ3v) is 9.25. The minimum absolute atomic E-state index is 0.137. The Hall–Kier alpha value is -1.30. The van der Waals surface area contributed by atoms with Gasteiger partial charge in [-0.15, -0.1) is 0 Å². The molecule has 28 heavy (non-hydrogen) atoms. The van der Waals surface area contributed by atoms with Crippen LogP contribution in [0.15, 0.2) is 0 Å². The molecule has 0 radical (unpaired) electrons. The molecule has 154 valence electrons. The van der Waals surface area contributed by atoms with E-state index in [2.05, 4.69) is 9.80 Å². The molecule has 0 aromatic carbocycles. The third-order valence-electron chi connectivity index (χ3n) is 9.25. The molecule has 3 heterocycles. The normalized spacial score (nSPS) is 42.8. The minimum Gasteiger partial charge on any atom is -0.450 e. The van der Waals surface area contributed by atoms with E-state index in [0.717, 1.165) is 39.1 Å². The first kappa shape index (κ1) is 17.5. The molecule has 6 fully saturated rings. The Balaban J connectivity index is 0.987. The van der Waals surface area contributed by atoms with Gasteiger partial charge in [0.1, 0.15) is 0 Å². The van der Waals surface area contributed by atoms with Crippen LogP contribution < -0.4 is 0 Å². The Morgan fingerprint density at radius 2 is 1.79 bits per heavy atom. The Labute approximate surface area is 167 Å². The lowest BCUT2D eigenvalue weighted by atomic mass is 9.64. The average Bonchev–Trinajstić information content (AvgIpc) is 2.95. The molecular weight excluding hydrogens is 354 g/mol. The second-order valence-corrected chi connectivity index (χ2v) is 10.6. The van der Waals surface area contributed by atoms with Crippen LogP contribution in [0.5, 0.6) is 0 Å². The topological polar surface area (TPSA) is 53.1 Å². The SMILES string of the molecule is CCOC(=O)N1CCC2(CC(N3C[C@@H]4[C@H](C3)[C@H]4C(=O)N3CCC34CCC4)C2)C1. The third kappa shape index (κ3) is 2.36. The number of hydrogen-bond acceptors (Lipinski definition) is 4. The summed E-state index contributed by atoms with van der Waals surface area (Å²) in [5, 5.41) is 0. The number of piperidine rings is 1. The maximum atomic E-state index is 13.0. The average molecular weight is 388 g/mol. The Kier molecular flexibility index (Phi) is 3.68. The van der Waals surface area contributed by atoms with Crippen molar-refractivity contribution in [1.29, 1.82) is 0 Å². The quantitative estimate of drug-likeness (QED) is 0.746. The van der Waals surface area contributed by atoms with Gasteiger partial charge in [-0.05, 0) is 69.1 Å². The summed E-state index contributed by atoms with van der Waals surface area (Å²) in [5.74, 6) is 2.09. The Morgan fingerprint density at radius 3 is 2.36 bits per heavy atom. The lowest BCUT2D eigenvalue weighted by Gasteiger charge is -2.59. The summed E-state index contributed by atoms with van der Waals surface area (Å²) < 4.78 is 5.17. The van der Waals surface area contributed by atoms with E-state index in [1.165, 1.54) is 38.5 Å². The van der Waals surface area contributed by atoms with Crippen molar-refractivity contribution in [2.24, 2.45) is 23.2 Å². The van der Waals surface area contributed by atoms with Crippen molar-refractivity contribution in [2.45, 2.75) is 63.5 Å². The molecule has 3 saturated carbocycles. The number of hydrogen-bond donors (Lipinski definition) is 0. The van der Waals surface area contributed by atoms with Crippen molar-refractivity contribution >= 4 is 12.0 Å². The summed E-state index contributed by atoms with van der Waals surface area (Å²) in [6.45, 7) is 7.33. The summed E-state index contributed by atoms with van der Waals surface area (Å²) >= 11 is 0. The van der Waals surface area contributed by atoms with Crippen LogP contribution in [0.4, 0.5) is 4.79 Å². The van der Waals surface area contributed by atoms with Gasteiger partial charge in [-0.3, -0.25) is 9.69 Å². The van der Waals surface area contributed by atoms with Gasteiger partial charge < -0.3 is 14.5 Å². The number of carbonyl (C=O) groups excluding carboxylic acids is 2. The van der Waals surface area contributed by atoms with E-state index in [9.17, 15) is 9.59 Å². The molecule has 0 N–H and O–H groups in total. The van der Waals surface area contributed by atoms with Gasteiger partial charge in [-0.25, -0.2) is 4.79 Å². The summed E-state index contributed by atoms with van der Waals surface area (Å²) in [6.07, 6.45) is 8.49. The minimum atomic E-state index is -0.137. The predicted molar refractivity (Wildman–Crippen MR) is 104 cm³/mol. The van der Waals surface area contributed by atoms with Crippen molar-refractivity contribution in [3.8, 4) is 0 Å². The standard InChI is InChI=1S/C22H33N3O3/c1-2-28-20(27)23-8-6-21(14-23)10-15(11-21)24-12-16-17(13-24)18(16)19(26)25-9-7-22(25)4-3-5-22/h15-18H,2-14H2,1H3/t15?,16-,17+,18+,21?. The van der Waals surface area contributed by atoms with Gasteiger partial charge >= 0.3 is 6.09 Å². The van der Waals surface area contributed by atoms with Crippen molar-refractivity contribution in [3.05, 3.63) is 0 Å². The van der Waals surface area contributed by atoms with Gasteiger partial charge in [-0.1, -0.05) is 0 Å². The number of rotatable bonds is 3. The van der Waals surface area contributed by atoms with Crippen molar-refractivity contribution < 1.29 is 14.3 Å². The second kappa shape index (κ2) is 5.87. The highest BCUT2D eigenvalue weighted by Crippen LogP contribution is 2.59. The van der Waals surface area contributed by atoms with Crippen LogP contribution in [0.2, 0.25) is 0 Å². The van der Waals surface area contributed by atoms with Gasteiger partial charge in [0.25, 0.3) is 0 Å². The molecule has 0 aromatic rings. The van der Waals surface area contributed by atoms with E-state index in [4.69, 9.17) is 4.74 Å². The molecule has 3 saturated heterocycles. The first-order valence-corrected chi connectivity index (χ1v) is 11.5. The van der Waals surface area contributed by atoms with Crippen LogP contribution in [0, 0.1) is 23.2 Å². The monoisotopic (exact) mass is 387 g/mol. The first-order chi connectivity index (χ1) is 13.5. The van der Waals surface area contributed by atoms with Crippen LogP contribution in [-0.2, 0) is 9.53 Å². The lowest BCUT2D eigenvalue weighted by Crippen LogP contribution is -2.66. The number of carbonyl (C=O) groups is 2. The zero-order valence-electron chi connectivity index (χ0n) is 17.1. The van der Waals surface area contributed by atoms with Gasteiger partial charge in [0.2, 0.25) is 5.91 Å². The molecule has 6 rings (SSSR count). The molecule has 6 heteroatoms. The molecule has 2 spiro atoms. The molecule has 6 aliphatic rings. The predicted octanol–water partition coefficient (Wildman–Crippen LogP) is 2.33. The van der Waals surface area contributed by atoms with Crippen LogP contribution >= 0.6 is 0 Å². The molecule has 0 bridgehead atoms. The van der Waals surface area contributed by atoms with Crippen molar-refractivity contribution in [1.82, 2.24) is 14.7 Å². The molecule has 3 atom stereocenters. The van der Waals surface area contributed by atoms with E-state index in [-0.39, 0.29) is 6.09 Å². The van der Waals surface area contributed by atoms with E-state index in [1.807, 2.05) is 11.8 Å².